The van der Waals surface area contributed by atoms with Crippen molar-refractivity contribution in [3.8, 4) is 0 Å². The minimum Gasteiger partial charge on any atom is -0.462 e. The predicted octanol–water partition coefficient (Wildman–Crippen LogP) is 1.99. The van der Waals surface area contributed by atoms with Gasteiger partial charge in [-0.3, -0.25) is 4.79 Å². The van der Waals surface area contributed by atoms with Crippen molar-refractivity contribution < 1.29 is 14.3 Å². The molecule has 1 aromatic rings. The van der Waals surface area contributed by atoms with E-state index < -0.39 is 0 Å². The average molecular weight is 204 g/mol. The quantitative estimate of drug-likeness (QED) is 0.319. The van der Waals surface area contributed by atoms with E-state index in [-0.39, 0.29) is 12.6 Å². The lowest BCUT2D eigenvalue weighted by molar-refractivity contribution is -0.104. The summed E-state index contributed by atoms with van der Waals surface area (Å²) in [5.41, 5.74) is 0.539. The first-order valence-corrected chi connectivity index (χ1v) is 4.67. The number of aldehydes is 1. The van der Waals surface area contributed by atoms with Crippen molar-refractivity contribution in [2.75, 3.05) is 6.61 Å². The summed E-state index contributed by atoms with van der Waals surface area (Å²) in [6.07, 6.45) is 4.29. The van der Waals surface area contributed by atoms with E-state index >= 15 is 0 Å². The Morgan fingerprint density at radius 2 is 2.00 bits per heavy atom. The van der Waals surface area contributed by atoms with Crippen LogP contribution in [0.1, 0.15) is 16.8 Å². The van der Waals surface area contributed by atoms with E-state index in [1.807, 2.05) is 6.07 Å². The predicted molar refractivity (Wildman–Crippen MR) is 56.5 cm³/mol. The maximum atomic E-state index is 11.4. The molecule has 0 atom stereocenters. The van der Waals surface area contributed by atoms with Crippen LogP contribution in [-0.4, -0.2) is 18.9 Å². The number of ether oxygens (including phenoxy) is 1. The smallest absolute Gasteiger partial charge is 0.338 e. The molecule has 0 aromatic heterocycles. The van der Waals surface area contributed by atoms with E-state index in [2.05, 4.69) is 0 Å². The number of benzene rings is 1. The Morgan fingerprint density at radius 3 is 2.67 bits per heavy atom. The molecule has 0 saturated carbocycles. The molecule has 0 fully saturated rings. The lowest BCUT2D eigenvalue weighted by Crippen LogP contribution is -2.05. The molecule has 1 rings (SSSR count). The molecule has 78 valence electrons. The van der Waals surface area contributed by atoms with Crippen molar-refractivity contribution >= 4 is 12.3 Å². The molecule has 0 unspecified atom stereocenters. The summed E-state index contributed by atoms with van der Waals surface area (Å²) in [5, 5.41) is 0. The van der Waals surface area contributed by atoms with Crippen molar-refractivity contribution in [1.82, 2.24) is 0 Å². The Hall–Kier alpha value is -1.90. The monoisotopic (exact) mass is 204 g/mol. The normalized spacial score (nSPS) is 10.1. The Labute approximate surface area is 88.4 Å². The first-order valence-electron chi connectivity index (χ1n) is 4.67. The van der Waals surface area contributed by atoms with Crippen LogP contribution in [0.25, 0.3) is 0 Å². The molecule has 1 aromatic carbocycles. The van der Waals surface area contributed by atoms with Crippen LogP contribution in [0.5, 0.6) is 0 Å². The fourth-order valence-corrected chi connectivity index (χ4v) is 1.03. The molecule has 0 heterocycles. The fraction of sp³-hybridized carbons (Fsp3) is 0.167. The summed E-state index contributed by atoms with van der Waals surface area (Å²) >= 11 is 0. The number of hydrogen-bond donors (Lipinski definition) is 0. The largest absolute Gasteiger partial charge is 0.462 e. The summed E-state index contributed by atoms with van der Waals surface area (Å²) in [5.74, 6) is -0.338. The number of rotatable bonds is 5. The van der Waals surface area contributed by atoms with Gasteiger partial charge in [0.25, 0.3) is 0 Å². The maximum absolute atomic E-state index is 11.4. The van der Waals surface area contributed by atoms with E-state index in [0.29, 0.717) is 18.3 Å². The summed E-state index contributed by atoms with van der Waals surface area (Å²) in [6, 6.07) is 8.79. The van der Waals surface area contributed by atoms with Gasteiger partial charge < -0.3 is 4.74 Å². The molecule has 0 aliphatic rings. The van der Waals surface area contributed by atoms with Gasteiger partial charge in [-0.1, -0.05) is 24.3 Å². The summed E-state index contributed by atoms with van der Waals surface area (Å²) < 4.78 is 4.97. The van der Waals surface area contributed by atoms with Crippen molar-refractivity contribution in [2.24, 2.45) is 0 Å². The summed E-state index contributed by atoms with van der Waals surface area (Å²) in [4.78, 5) is 21.3. The van der Waals surface area contributed by atoms with Gasteiger partial charge in [0.15, 0.2) is 0 Å². The number of allylic oxidation sites excluding steroid dienone is 1. The standard InChI is InChI=1S/C12H12O3/c13-9-5-2-6-10-15-12(14)11-7-3-1-4-8-11/h1-5,7-9H,6,10H2/b5-2+. The van der Waals surface area contributed by atoms with Gasteiger partial charge in [0.1, 0.15) is 6.29 Å². The molecule has 0 aliphatic carbocycles. The van der Waals surface area contributed by atoms with Crippen LogP contribution in [0.2, 0.25) is 0 Å². The molecular formula is C12H12O3. The second-order valence-corrected chi connectivity index (χ2v) is 2.85. The molecule has 0 radical (unpaired) electrons. The van der Waals surface area contributed by atoms with Crippen LogP contribution in [0.4, 0.5) is 0 Å². The summed E-state index contributed by atoms with van der Waals surface area (Å²) in [7, 11) is 0. The zero-order chi connectivity index (χ0) is 10.9. The van der Waals surface area contributed by atoms with Gasteiger partial charge in [-0.05, 0) is 24.6 Å². The number of carbonyl (C=O) groups excluding carboxylic acids is 2. The molecule has 3 nitrogen and oxygen atoms in total. The highest BCUT2D eigenvalue weighted by molar-refractivity contribution is 5.89. The molecule has 0 N–H and O–H groups in total. The first kappa shape index (κ1) is 11.2. The van der Waals surface area contributed by atoms with Gasteiger partial charge >= 0.3 is 5.97 Å². The van der Waals surface area contributed by atoms with Gasteiger partial charge in [0.2, 0.25) is 0 Å². The van der Waals surface area contributed by atoms with Crippen molar-refractivity contribution in [3.05, 3.63) is 48.0 Å². The van der Waals surface area contributed by atoms with E-state index in [9.17, 15) is 9.59 Å². The van der Waals surface area contributed by atoms with Crippen LogP contribution in [0.15, 0.2) is 42.5 Å². The highest BCUT2D eigenvalue weighted by Crippen LogP contribution is 2.01. The zero-order valence-corrected chi connectivity index (χ0v) is 8.26. The lowest BCUT2D eigenvalue weighted by Gasteiger charge is -2.01. The number of carbonyl (C=O) groups is 2. The van der Waals surface area contributed by atoms with Crippen LogP contribution in [-0.2, 0) is 9.53 Å². The van der Waals surface area contributed by atoms with Crippen LogP contribution in [0.3, 0.4) is 0 Å². The number of esters is 1. The Kier molecular flexibility index (Phi) is 4.87. The first-order chi connectivity index (χ1) is 7.34. The van der Waals surface area contributed by atoms with Crippen molar-refractivity contribution in [3.63, 3.8) is 0 Å². The van der Waals surface area contributed by atoms with Crippen LogP contribution in [0, 0.1) is 0 Å². The number of hydrogen-bond acceptors (Lipinski definition) is 3. The maximum Gasteiger partial charge on any atom is 0.338 e. The second-order valence-electron chi connectivity index (χ2n) is 2.85. The Balaban J connectivity index is 2.31. The highest BCUT2D eigenvalue weighted by Gasteiger charge is 2.03. The lowest BCUT2D eigenvalue weighted by atomic mass is 10.2. The molecule has 0 saturated heterocycles. The van der Waals surface area contributed by atoms with E-state index in [1.54, 1.807) is 30.3 Å². The second kappa shape index (κ2) is 6.54. The van der Waals surface area contributed by atoms with Gasteiger partial charge in [-0.25, -0.2) is 4.79 Å². The van der Waals surface area contributed by atoms with Gasteiger partial charge in [0, 0.05) is 0 Å². The van der Waals surface area contributed by atoms with Gasteiger partial charge in [0.05, 0.1) is 12.2 Å². The van der Waals surface area contributed by atoms with Crippen molar-refractivity contribution in [1.29, 1.82) is 0 Å². The van der Waals surface area contributed by atoms with Gasteiger partial charge in [-0.15, -0.1) is 0 Å². The minimum absolute atomic E-state index is 0.290. The third-order valence-corrected chi connectivity index (χ3v) is 1.74. The molecule has 0 aliphatic heterocycles. The van der Waals surface area contributed by atoms with E-state index in [1.165, 1.54) is 6.08 Å². The molecule has 0 spiro atoms. The molecule has 0 bridgehead atoms. The average Bonchev–Trinajstić information content (AvgIpc) is 2.30. The molecule has 15 heavy (non-hydrogen) atoms. The molecular weight excluding hydrogens is 192 g/mol. The fourth-order valence-electron chi connectivity index (χ4n) is 1.03. The molecule has 3 heteroatoms. The van der Waals surface area contributed by atoms with E-state index in [0.717, 1.165) is 0 Å². The third-order valence-electron chi connectivity index (χ3n) is 1.74. The van der Waals surface area contributed by atoms with Crippen LogP contribution < -0.4 is 0 Å². The third kappa shape index (κ3) is 4.22. The topological polar surface area (TPSA) is 43.4 Å². The summed E-state index contributed by atoms with van der Waals surface area (Å²) in [6.45, 7) is 0.290. The van der Waals surface area contributed by atoms with Crippen molar-refractivity contribution in [2.45, 2.75) is 6.42 Å². The molecule has 0 amide bonds. The SMILES string of the molecule is O=C/C=C/CCOC(=O)c1ccccc1. The Bertz CT molecular complexity index is 341. The highest BCUT2D eigenvalue weighted by atomic mass is 16.5. The van der Waals surface area contributed by atoms with Crippen LogP contribution >= 0.6 is 0 Å². The Morgan fingerprint density at radius 1 is 1.27 bits per heavy atom. The van der Waals surface area contributed by atoms with E-state index in [4.69, 9.17) is 4.74 Å². The zero-order valence-electron chi connectivity index (χ0n) is 8.26. The minimum atomic E-state index is -0.338. The van der Waals surface area contributed by atoms with Gasteiger partial charge in [-0.2, -0.15) is 0 Å².